The maximum absolute atomic E-state index is 11.4. The number of hydrogen-bond donors (Lipinski definition) is 0. The van der Waals surface area contributed by atoms with E-state index in [2.05, 4.69) is 13.5 Å². The van der Waals surface area contributed by atoms with Gasteiger partial charge in [-0.25, -0.2) is 4.79 Å². The van der Waals surface area contributed by atoms with Gasteiger partial charge < -0.3 is 23.7 Å². The van der Waals surface area contributed by atoms with Crippen LogP contribution in [-0.2, 0) is 28.5 Å². The van der Waals surface area contributed by atoms with Crippen molar-refractivity contribution in [2.45, 2.75) is 72.4 Å². The molecule has 0 bridgehead atoms. The first kappa shape index (κ1) is 24.1. The van der Waals surface area contributed by atoms with E-state index in [9.17, 15) is 4.79 Å². The number of ether oxygens (including phenoxy) is 5. The lowest BCUT2D eigenvalue weighted by Crippen LogP contribution is -2.29. The summed E-state index contributed by atoms with van der Waals surface area (Å²) < 4.78 is 27.6. The Morgan fingerprint density at radius 3 is 1.72 bits per heavy atom. The molecule has 0 spiro atoms. The van der Waals surface area contributed by atoms with Crippen LogP contribution in [0, 0.1) is 0 Å². The predicted molar refractivity (Wildman–Crippen MR) is 97.7 cm³/mol. The SMILES string of the molecule is C=C(C)C(=O)OC(C)COC(C)COC(C)COC(C)COCCC. The third-order valence-electron chi connectivity index (χ3n) is 3.20. The Bertz CT molecular complexity index is 371. The van der Waals surface area contributed by atoms with Crippen LogP contribution in [0.1, 0.15) is 48.0 Å². The van der Waals surface area contributed by atoms with E-state index in [-0.39, 0.29) is 24.4 Å². The maximum Gasteiger partial charge on any atom is 0.333 e. The van der Waals surface area contributed by atoms with E-state index >= 15 is 0 Å². The van der Waals surface area contributed by atoms with E-state index in [4.69, 9.17) is 23.7 Å². The van der Waals surface area contributed by atoms with Gasteiger partial charge in [-0.05, 0) is 41.0 Å². The van der Waals surface area contributed by atoms with Gasteiger partial charge in [-0.15, -0.1) is 0 Å². The van der Waals surface area contributed by atoms with Crippen molar-refractivity contribution in [3.05, 3.63) is 12.2 Å². The fraction of sp³-hybridized carbons (Fsp3) is 0.842. The minimum atomic E-state index is -0.400. The monoisotopic (exact) mass is 360 g/mol. The minimum Gasteiger partial charge on any atom is -0.457 e. The number of carbonyl (C=O) groups is 1. The van der Waals surface area contributed by atoms with Crippen LogP contribution in [0.3, 0.4) is 0 Å². The van der Waals surface area contributed by atoms with E-state index < -0.39 is 5.97 Å². The first-order valence-corrected chi connectivity index (χ1v) is 9.05. The van der Waals surface area contributed by atoms with Crippen LogP contribution in [0.2, 0.25) is 0 Å². The summed E-state index contributed by atoms with van der Waals surface area (Å²) in [6, 6.07) is 0. The summed E-state index contributed by atoms with van der Waals surface area (Å²) in [4.78, 5) is 11.4. The van der Waals surface area contributed by atoms with Gasteiger partial charge in [-0.1, -0.05) is 13.5 Å². The van der Waals surface area contributed by atoms with Crippen molar-refractivity contribution in [1.82, 2.24) is 0 Å². The Labute approximate surface area is 152 Å². The molecule has 0 aromatic carbocycles. The van der Waals surface area contributed by atoms with Crippen molar-refractivity contribution in [3.8, 4) is 0 Å². The van der Waals surface area contributed by atoms with Crippen molar-refractivity contribution < 1.29 is 28.5 Å². The van der Waals surface area contributed by atoms with Crippen molar-refractivity contribution in [1.29, 1.82) is 0 Å². The molecule has 0 saturated heterocycles. The molecule has 0 fully saturated rings. The topological polar surface area (TPSA) is 63.2 Å². The molecule has 0 heterocycles. The summed E-state index contributed by atoms with van der Waals surface area (Å²) in [7, 11) is 0. The molecule has 0 saturated carbocycles. The van der Waals surface area contributed by atoms with Crippen LogP contribution in [-0.4, -0.2) is 63.4 Å². The lowest BCUT2D eigenvalue weighted by molar-refractivity contribution is -0.148. The molecule has 0 aromatic heterocycles. The largest absolute Gasteiger partial charge is 0.457 e. The van der Waals surface area contributed by atoms with E-state index in [1.165, 1.54) is 0 Å². The molecule has 0 aliphatic carbocycles. The number of rotatable bonds is 15. The molecular weight excluding hydrogens is 324 g/mol. The Morgan fingerprint density at radius 1 is 0.840 bits per heavy atom. The van der Waals surface area contributed by atoms with Crippen LogP contribution < -0.4 is 0 Å². The molecule has 0 N–H and O–H groups in total. The number of hydrogen-bond acceptors (Lipinski definition) is 6. The van der Waals surface area contributed by atoms with Crippen LogP contribution in [0.4, 0.5) is 0 Å². The molecule has 4 unspecified atom stereocenters. The molecule has 0 aliphatic heterocycles. The molecule has 4 atom stereocenters. The van der Waals surface area contributed by atoms with Crippen LogP contribution >= 0.6 is 0 Å². The Balaban J connectivity index is 3.77. The van der Waals surface area contributed by atoms with E-state index in [0.717, 1.165) is 13.0 Å². The molecule has 0 rings (SSSR count). The van der Waals surface area contributed by atoms with Crippen molar-refractivity contribution in [3.63, 3.8) is 0 Å². The summed E-state index contributed by atoms with van der Waals surface area (Å²) in [5, 5.41) is 0. The normalized spacial score (nSPS) is 16.1. The van der Waals surface area contributed by atoms with E-state index in [0.29, 0.717) is 32.0 Å². The summed E-state index contributed by atoms with van der Waals surface area (Å²) in [5.74, 6) is -0.400. The third-order valence-corrected chi connectivity index (χ3v) is 3.20. The molecule has 25 heavy (non-hydrogen) atoms. The van der Waals surface area contributed by atoms with Crippen LogP contribution in [0.5, 0.6) is 0 Å². The van der Waals surface area contributed by atoms with E-state index in [1.807, 2.05) is 20.8 Å². The molecule has 148 valence electrons. The fourth-order valence-electron chi connectivity index (χ4n) is 1.75. The average Bonchev–Trinajstić information content (AvgIpc) is 2.56. The zero-order chi connectivity index (χ0) is 19.2. The highest BCUT2D eigenvalue weighted by atomic mass is 16.6. The lowest BCUT2D eigenvalue weighted by Gasteiger charge is -2.21. The quantitative estimate of drug-likeness (QED) is 0.254. The van der Waals surface area contributed by atoms with Crippen molar-refractivity contribution in [2.75, 3.05) is 33.0 Å². The third kappa shape index (κ3) is 14.0. The highest BCUT2D eigenvalue weighted by Gasteiger charge is 2.13. The van der Waals surface area contributed by atoms with Crippen molar-refractivity contribution in [2.24, 2.45) is 0 Å². The van der Waals surface area contributed by atoms with Gasteiger partial charge in [-0.2, -0.15) is 0 Å². The van der Waals surface area contributed by atoms with Gasteiger partial charge in [0.15, 0.2) is 0 Å². The number of carbonyl (C=O) groups excluding carboxylic acids is 1. The highest BCUT2D eigenvalue weighted by molar-refractivity contribution is 5.87. The molecule has 0 aromatic rings. The standard InChI is InChI=1S/C19H36O6/c1-8-9-21-10-15(4)22-11-16(5)23-12-17(6)24-13-18(7)25-19(20)14(2)3/h15-18H,2,8-13H2,1,3-7H3. The average molecular weight is 360 g/mol. The van der Waals surface area contributed by atoms with Gasteiger partial charge in [0, 0.05) is 12.2 Å². The van der Waals surface area contributed by atoms with Gasteiger partial charge in [0.05, 0.1) is 44.7 Å². The zero-order valence-electron chi connectivity index (χ0n) is 16.7. The highest BCUT2D eigenvalue weighted by Crippen LogP contribution is 2.04. The Kier molecular flexibility index (Phi) is 13.7. The molecule has 0 amide bonds. The van der Waals surface area contributed by atoms with Gasteiger partial charge in [0.1, 0.15) is 6.10 Å². The Morgan fingerprint density at radius 2 is 1.28 bits per heavy atom. The first-order valence-electron chi connectivity index (χ1n) is 9.05. The minimum absolute atomic E-state index is 0.0293. The second-order valence-electron chi connectivity index (χ2n) is 6.50. The van der Waals surface area contributed by atoms with Crippen LogP contribution in [0.25, 0.3) is 0 Å². The van der Waals surface area contributed by atoms with E-state index in [1.54, 1.807) is 13.8 Å². The predicted octanol–water partition coefficient (Wildman–Crippen LogP) is 3.14. The summed E-state index contributed by atoms with van der Waals surface area (Å²) >= 11 is 0. The summed E-state index contributed by atoms with van der Waals surface area (Å²) in [6.45, 7) is 17.5. The van der Waals surface area contributed by atoms with Gasteiger partial charge in [0.2, 0.25) is 0 Å². The van der Waals surface area contributed by atoms with Crippen LogP contribution in [0.15, 0.2) is 12.2 Å². The second kappa shape index (κ2) is 14.2. The van der Waals surface area contributed by atoms with Gasteiger partial charge in [-0.3, -0.25) is 0 Å². The molecule has 0 aliphatic rings. The summed E-state index contributed by atoms with van der Waals surface area (Å²) in [5.41, 5.74) is 0.381. The zero-order valence-corrected chi connectivity index (χ0v) is 16.7. The molecule has 0 radical (unpaired) electrons. The Hall–Kier alpha value is -0.950. The fourth-order valence-corrected chi connectivity index (χ4v) is 1.75. The first-order chi connectivity index (χ1) is 11.8. The lowest BCUT2D eigenvalue weighted by atomic mass is 10.3. The molecule has 6 heteroatoms. The smallest absolute Gasteiger partial charge is 0.333 e. The maximum atomic E-state index is 11.4. The summed E-state index contributed by atoms with van der Waals surface area (Å²) in [6.07, 6.45) is 0.610. The molecular formula is C19H36O6. The molecule has 6 nitrogen and oxygen atoms in total. The second-order valence-corrected chi connectivity index (χ2v) is 6.50. The van der Waals surface area contributed by atoms with Gasteiger partial charge in [0.25, 0.3) is 0 Å². The van der Waals surface area contributed by atoms with Crippen molar-refractivity contribution >= 4 is 5.97 Å². The number of esters is 1. The van der Waals surface area contributed by atoms with Gasteiger partial charge >= 0.3 is 5.97 Å².